The third-order valence-corrected chi connectivity index (χ3v) is 4.83. The minimum absolute atomic E-state index is 0.00549. The minimum Gasteiger partial charge on any atom is -0.465 e. The van der Waals surface area contributed by atoms with E-state index < -0.39 is 6.09 Å². The molecular weight excluding hydrogens is 330 g/mol. The molecule has 1 fully saturated rings. The monoisotopic (exact) mass is 361 g/mol. The van der Waals surface area contributed by atoms with Crippen LogP contribution in [0.5, 0.6) is 0 Å². The summed E-state index contributed by atoms with van der Waals surface area (Å²) in [5.41, 5.74) is 12.4. The Morgan fingerprint density at radius 2 is 1.88 bits per heavy atom. The van der Waals surface area contributed by atoms with Crippen LogP contribution >= 0.6 is 0 Å². The number of rotatable bonds is 1. The molecule has 1 saturated carbocycles. The first-order valence-electron chi connectivity index (χ1n) is 9.08. The van der Waals surface area contributed by atoms with Gasteiger partial charge in [-0.2, -0.15) is 5.10 Å². The Balaban J connectivity index is 0.000000195. The lowest BCUT2D eigenvalue weighted by molar-refractivity contribution is 0.0491. The molecule has 0 unspecified atom stereocenters. The van der Waals surface area contributed by atoms with Gasteiger partial charge in [0, 0.05) is 24.0 Å². The van der Waals surface area contributed by atoms with E-state index in [0.717, 1.165) is 36.6 Å². The largest absolute Gasteiger partial charge is 0.465 e. The van der Waals surface area contributed by atoms with Gasteiger partial charge >= 0.3 is 6.09 Å². The van der Waals surface area contributed by atoms with Crippen molar-refractivity contribution < 1.29 is 9.90 Å². The molecule has 2 aromatic rings. The summed E-state index contributed by atoms with van der Waals surface area (Å²) in [6.45, 7) is 5.76. The summed E-state index contributed by atoms with van der Waals surface area (Å²) in [5.74, 6) is 0.600. The highest BCUT2D eigenvalue weighted by molar-refractivity contribution is 5.88. The molecule has 0 bridgehead atoms. The Hall–Kier alpha value is -2.28. The smallest absolute Gasteiger partial charge is 0.408 e. The van der Waals surface area contributed by atoms with Gasteiger partial charge in [-0.3, -0.25) is 9.58 Å². The number of aryl methyl sites for hydroxylation is 1. The van der Waals surface area contributed by atoms with E-state index in [1.54, 1.807) is 4.68 Å². The van der Waals surface area contributed by atoms with Crippen molar-refractivity contribution in [3.05, 3.63) is 24.3 Å². The van der Waals surface area contributed by atoms with Crippen LogP contribution in [0, 0.1) is 0 Å². The zero-order chi connectivity index (χ0) is 19.5. The van der Waals surface area contributed by atoms with E-state index in [0.29, 0.717) is 5.82 Å². The fraction of sp³-hybridized carbons (Fsp3) is 0.579. The molecule has 7 heteroatoms. The average Bonchev–Trinajstić information content (AvgIpc) is 2.84. The van der Waals surface area contributed by atoms with E-state index in [2.05, 4.69) is 5.10 Å². The lowest BCUT2D eigenvalue weighted by Gasteiger charge is -2.44. The zero-order valence-electron chi connectivity index (χ0n) is 16.1. The predicted molar refractivity (Wildman–Crippen MR) is 105 cm³/mol. The number of para-hydroxylation sites is 1. The van der Waals surface area contributed by atoms with E-state index in [1.165, 1.54) is 4.90 Å². The Morgan fingerprint density at radius 3 is 2.42 bits per heavy atom. The average molecular weight is 361 g/mol. The SMILES string of the molecule is CC(C)(C)N(C(=O)O)[C@H]1CCCC[C@H]1N.Cn1nc(N)c2ccccc21. The van der Waals surface area contributed by atoms with Crippen LogP contribution in [0.3, 0.4) is 0 Å². The van der Waals surface area contributed by atoms with E-state index in [4.69, 9.17) is 11.5 Å². The number of nitrogens with zero attached hydrogens (tertiary/aromatic N) is 3. The maximum absolute atomic E-state index is 11.3. The van der Waals surface area contributed by atoms with Gasteiger partial charge in [0.1, 0.15) is 0 Å². The first-order valence-corrected chi connectivity index (χ1v) is 9.08. The molecule has 26 heavy (non-hydrogen) atoms. The second-order valence-electron chi connectivity index (χ2n) is 7.87. The van der Waals surface area contributed by atoms with Gasteiger partial charge in [-0.15, -0.1) is 0 Å². The number of benzene rings is 1. The van der Waals surface area contributed by atoms with Crippen LogP contribution in [0.4, 0.5) is 10.6 Å². The van der Waals surface area contributed by atoms with Crippen LogP contribution in [-0.2, 0) is 7.05 Å². The number of hydrogen-bond acceptors (Lipinski definition) is 4. The van der Waals surface area contributed by atoms with Crippen LogP contribution in [0.25, 0.3) is 10.9 Å². The highest BCUT2D eigenvalue weighted by atomic mass is 16.4. The van der Waals surface area contributed by atoms with Gasteiger partial charge in [0.05, 0.1) is 11.6 Å². The fourth-order valence-corrected chi connectivity index (χ4v) is 3.63. The second kappa shape index (κ2) is 7.95. The van der Waals surface area contributed by atoms with Crippen molar-refractivity contribution in [2.24, 2.45) is 12.8 Å². The molecule has 1 aliphatic rings. The zero-order valence-corrected chi connectivity index (χ0v) is 16.1. The summed E-state index contributed by atoms with van der Waals surface area (Å²) >= 11 is 0. The Kier molecular flexibility index (Phi) is 6.13. The molecule has 5 N–H and O–H groups in total. The molecule has 1 heterocycles. The molecule has 0 aliphatic heterocycles. The molecular formula is C19H31N5O2. The maximum atomic E-state index is 11.3. The molecule has 1 aromatic heterocycles. The van der Waals surface area contributed by atoms with E-state index in [-0.39, 0.29) is 17.6 Å². The van der Waals surface area contributed by atoms with Crippen molar-refractivity contribution in [2.45, 2.75) is 64.1 Å². The third kappa shape index (κ3) is 4.46. The molecule has 1 amide bonds. The summed E-state index contributed by atoms with van der Waals surface area (Å²) < 4.78 is 1.78. The lowest BCUT2D eigenvalue weighted by atomic mass is 9.87. The van der Waals surface area contributed by atoms with Gasteiger partial charge in [-0.1, -0.05) is 25.0 Å². The highest BCUT2D eigenvalue weighted by Gasteiger charge is 2.37. The number of anilines is 1. The van der Waals surface area contributed by atoms with E-state index >= 15 is 0 Å². The summed E-state index contributed by atoms with van der Waals surface area (Å²) in [6.07, 6.45) is 3.17. The maximum Gasteiger partial charge on any atom is 0.408 e. The molecule has 1 aromatic carbocycles. The van der Waals surface area contributed by atoms with Gasteiger partial charge in [-0.25, -0.2) is 4.79 Å². The van der Waals surface area contributed by atoms with Crippen LogP contribution < -0.4 is 11.5 Å². The number of hydrogen-bond donors (Lipinski definition) is 3. The Morgan fingerprint density at radius 1 is 1.27 bits per heavy atom. The third-order valence-electron chi connectivity index (χ3n) is 4.83. The standard InChI is InChI=1S/C11H22N2O2.C8H9N3/c1-11(2,3)13(10(14)15)9-7-5-4-6-8(9)12;1-11-7-5-3-2-4-6(7)8(9)10-11/h8-9H,4-7,12H2,1-3H3,(H,14,15);2-5H,1H3,(H2,9,10)/t8-,9+;/m1./s1. The number of nitrogen functional groups attached to an aromatic ring is 1. The molecule has 0 saturated heterocycles. The van der Waals surface area contributed by atoms with Crippen LogP contribution in [0.1, 0.15) is 46.5 Å². The molecule has 144 valence electrons. The van der Waals surface area contributed by atoms with Gasteiger partial charge in [0.15, 0.2) is 5.82 Å². The molecule has 1 aliphatic carbocycles. The van der Waals surface area contributed by atoms with Crippen molar-refractivity contribution in [1.82, 2.24) is 14.7 Å². The van der Waals surface area contributed by atoms with Crippen molar-refractivity contribution in [1.29, 1.82) is 0 Å². The first-order chi connectivity index (χ1) is 12.1. The van der Waals surface area contributed by atoms with Crippen molar-refractivity contribution in [2.75, 3.05) is 5.73 Å². The Labute approximate surface area is 154 Å². The lowest BCUT2D eigenvalue weighted by Crippen LogP contribution is -2.58. The number of aromatic nitrogens is 2. The highest BCUT2D eigenvalue weighted by Crippen LogP contribution is 2.27. The summed E-state index contributed by atoms with van der Waals surface area (Å²) in [6, 6.07) is 7.88. The van der Waals surface area contributed by atoms with Crippen LogP contribution in [-0.4, -0.2) is 43.5 Å². The molecule has 0 spiro atoms. The fourth-order valence-electron chi connectivity index (χ4n) is 3.63. The first kappa shape index (κ1) is 20.0. The number of carbonyl (C=O) groups is 1. The van der Waals surface area contributed by atoms with Crippen LogP contribution in [0.15, 0.2) is 24.3 Å². The summed E-state index contributed by atoms with van der Waals surface area (Å²) in [5, 5.41) is 14.4. The van der Waals surface area contributed by atoms with Crippen molar-refractivity contribution in [3.63, 3.8) is 0 Å². The molecule has 3 rings (SSSR count). The summed E-state index contributed by atoms with van der Waals surface area (Å²) in [7, 11) is 1.89. The van der Waals surface area contributed by atoms with E-state index in [1.807, 2.05) is 52.1 Å². The van der Waals surface area contributed by atoms with Gasteiger partial charge < -0.3 is 16.6 Å². The van der Waals surface area contributed by atoms with Gasteiger partial charge in [0.2, 0.25) is 0 Å². The normalized spacial score (nSPS) is 20.3. The molecule has 0 radical (unpaired) electrons. The number of carboxylic acid groups (broad SMARTS) is 1. The molecule has 7 nitrogen and oxygen atoms in total. The van der Waals surface area contributed by atoms with Crippen molar-refractivity contribution in [3.8, 4) is 0 Å². The quantitative estimate of drug-likeness (QED) is 0.722. The predicted octanol–water partition coefficient (Wildman–Crippen LogP) is 3.19. The van der Waals surface area contributed by atoms with Gasteiger partial charge in [-0.05, 0) is 45.7 Å². The number of fused-ring (bicyclic) bond motifs is 1. The summed E-state index contributed by atoms with van der Waals surface area (Å²) in [4.78, 5) is 12.8. The number of nitrogens with two attached hydrogens (primary N) is 2. The van der Waals surface area contributed by atoms with Crippen LogP contribution in [0.2, 0.25) is 0 Å². The minimum atomic E-state index is -0.857. The Bertz CT molecular complexity index is 714. The van der Waals surface area contributed by atoms with Crippen molar-refractivity contribution >= 4 is 22.8 Å². The number of amides is 1. The molecule has 2 atom stereocenters. The topological polar surface area (TPSA) is 110 Å². The van der Waals surface area contributed by atoms with E-state index in [9.17, 15) is 9.90 Å². The second-order valence-corrected chi connectivity index (χ2v) is 7.87. The van der Waals surface area contributed by atoms with Gasteiger partial charge in [0.25, 0.3) is 0 Å².